The number of anilines is 1. The molecule has 0 N–H and O–H groups in total. The molecule has 2 aromatic carbocycles. The highest BCUT2D eigenvalue weighted by atomic mass is 19.3. The Hall–Kier alpha value is -4.82. The number of benzene rings is 2. The van der Waals surface area contributed by atoms with Gasteiger partial charge in [0.15, 0.2) is 5.82 Å². The molecule has 1 unspecified atom stereocenters. The molecule has 4 heterocycles. The van der Waals surface area contributed by atoms with Crippen LogP contribution < -0.4 is 14.4 Å². The first-order valence-electron chi connectivity index (χ1n) is 18.2. The summed E-state index contributed by atoms with van der Waals surface area (Å²) in [5.41, 5.74) is 3.24. The lowest BCUT2D eigenvalue weighted by Gasteiger charge is -2.39. The van der Waals surface area contributed by atoms with Crippen molar-refractivity contribution in [1.82, 2.24) is 30.0 Å². The molecule has 0 saturated carbocycles. The Labute approximate surface area is 308 Å². The van der Waals surface area contributed by atoms with Gasteiger partial charge in [-0.1, -0.05) is 30.3 Å². The van der Waals surface area contributed by atoms with E-state index in [0.29, 0.717) is 57.7 Å². The third-order valence-corrected chi connectivity index (χ3v) is 9.75. The van der Waals surface area contributed by atoms with Crippen LogP contribution in [0, 0.1) is 5.82 Å². The lowest BCUT2D eigenvalue weighted by molar-refractivity contribution is -0.130. The van der Waals surface area contributed by atoms with Crippen LogP contribution in [-0.2, 0) is 17.7 Å². The van der Waals surface area contributed by atoms with E-state index >= 15 is 0 Å². The van der Waals surface area contributed by atoms with Gasteiger partial charge in [-0.25, -0.2) is 9.37 Å². The van der Waals surface area contributed by atoms with Crippen molar-refractivity contribution in [2.75, 3.05) is 37.7 Å². The van der Waals surface area contributed by atoms with Crippen LogP contribution in [0.1, 0.15) is 79.7 Å². The number of ether oxygens (including phenoxy) is 3. The average Bonchev–Trinajstić information content (AvgIpc) is 3.15. The fourth-order valence-corrected chi connectivity index (χ4v) is 7.19. The number of fused-ring (bicyclic) bond motifs is 1. The van der Waals surface area contributed by atoms with Gasteiger partial charge in [0.25, 0.3) is 11.8 Å². The Morgan fingerprint density at radius 2 is 1.81 bits per heavy atom. The number of hydrogen-bond donors (Lipinski definition) is 0. The number of amides is 1. The number of carbonyl (C=O) groups is 1. The lowest BCUT2D eigenvalue weighted by atomic mass is 9.91. The monoisotopic (exact) mass is 733 g/mol. The quantitative estimate of drug-likeness (QED) is 0.116. The molecule has 2 aromatic heterocycles. The van der Waals surface area contributed by atoms with Gasteiger partial charge < -0.3 is 24.0 Å². The minimum atomic E-state index is -2.80. The van der Waals surface area contributed by atoms with E-state index in [1.165, 1.54) is 30.1 Å². The first-order valence-corrected chi connectivity index (χ1v) is 18.2. The summed E-state index contributed by atoms with van der Waals surface area (Å²) in [7, 11) is 0. The zero-order chi connectivity index (χ0) is 37.3. The second-order valence-electron chi connectivity index (χ2n) is 13.5. The molecule has 1 fully saturated rings. The Morgan fingerprint density at radius 3 is 2.55 bits per heavy atom. The number of piperidine rings is 1. The molecule has 0 spiro atoms. The van der Waals surface area contributed by atoms with E-state index in [-0.39, 0.29) is 47.9 Å². The molecule has 0 bridgehead atoms. The zero-order valence-electron chi connectivity index (χ0n) is 30.3. The molecule has 14 heteroatoms. The summed E-state index contributed by atoms with van der Waals surface area (Å²) in [4.78, 5) is 28.7. The van der Waals surface area contributed by atoms with Crippen LogP contribution in [0.15, 0.2) is 67.1 Å². The van der Waals surface area contributed by atoms with E-state index in [0.717, 1.165) is 30.0 Å². The zero-order valence-corrected chi connectivity index (χ0v) is 30.3. The molecular formula is C39H46F3N7O4. The van der Waals surface area contributed by atoms with Gasteiger partial charge in [-0.05, 0) is 63.4 Å². The largest absolute Gasteiger partial charge is 0.490 e. The number of aromatic nitrogens is 4. The highest BCUT2D eigenvalue weighted by Gasteiger charge is 2.33. The number of hydrogen-bond acceptors (Lipinski definition) is 10. The third kappa shape index (κ3) is 9.41. The van der Waals surface area contributed by atoms with Crippen molar-refractivity contribution < 1.29 is 32.2 Å². The van der Waals surface area contributed by atoms with Crippen LogP contribution >= 0.6 is 0 Å². The number of carbonyl (C=O) groups excluding carboxylic acids is 1. The van der Waals surface area contributed by atoms with Crippen molar-refractivity contribution >= 4 is 11.7 Å². The molecule has 0 aliphatic carbocycles. The molecule has 1 saturated heterocycles. The summed E-state index contributed by atoms with van der Waals surface area (Å²) >= 11 is 0. The van der Waals surface area contributed by atoms with Crippen molar-refractivity contribution in [3.05, 3.63) is 95.3 Å². The van der Waals surface area contributed by atoms with Crippen LogP contribution in [0.5, 0.6) is 17.4 Å². The highest BCUT2D eigenvalue weighted by molar-refractivity contribution is 5.97. The fourth-order valence-electron chi connectivity index (χ4n) is 7.19. The topological polar surface area (TPSA) is 106 Å². The number of pyridine rings is 1. The van der Waals surface area contributed by atoms with Gasteiger partial charge in [-0.2, -0.15) is 8.78 Å². The first-order chi connectivity index (χ1) is 25.7. The third-order valence-electron chi connectivity index (χ3n) is 9.75. The van der Waals surface area contributed by atoms with E-state index in [9.17, 15) is 18.0 Å². The second-order valence-corrected chi connectivity index (χ2v) is 13.5. The standard InChI is InChI=1S/C39H46F3N7O4/c1-4-49(26(2)3)38(50)30-23-28(40)12-13-33(30)53-37-36(44-25-45-46-37)47-19-15-29(16-20-47)52-34-14-18-43-31-17-21-48(24-27-9-6-5-7-10-27)32(35(31)34)11-8-22-51-39(41)42/h5-7,9-10,12-14,18,23,25-26,29,32,39H,4,8,11,15-17,19-22,24H2,1-3H3. The van der Waals surface area contributed by atoms with E-state index in [4.69, 9.17) is 14.5 Å². The molecule has 4 aromatic rings. The summed E-state index contributed by atoms with van der Waals surface area (Å²) in [6.45, 7) is 5.95. The van der Waals surface area contributed by atoms with Crippen LogP contribution in [0.4, 0.5) is 19.0 Å². The number of alkyl halides is 2. The SMILES string of the molecule is CCN(C(=O)c1cc(F)ccc1Oc1nncnc1N1CCC(Oc2ccnc3c2C(CCCOC(F)F)N(Cc2ccccc2)CC3)CC1)C(C)C. The molecule has 282 valence electrons. The fraction of sp³-hybridized carbons (Fsp3) is 0.462. The number of rotatable bonds is 15. The minimum absolute atomic E-state index is 0.0326. The van der Waals surface area contributed by atoms with Crippen LogP contribution in [0.3, 0.4) is 0 Å². The van der Waals surface area contributed by atoms with Crippen LogP contribution in [0.25, 0.3) is 0 Å². The van der Waals surface area contributed by atoms with E-state index in [1.807, 2.05) is 49.9 Å². The van der Waals surface area contributed by atoms with E-state index < -0.39 is 12.4 Å². The predicted octanol–water partition coefficient (Wildman–Crippen LogP) is 7.24. The van der Waals surface area contributed by atoms with Crippen molar-refractivity contribution in [2.24, 2.45) is 0 Å². The van der Waals surface area contributed by atoms with Gasteiger partial charge in [0.05, 0.1) is 17.9 Å². The Balaban J connectivity index is 1.17. The maximum Gasteiger partial charge on any atom is 0.345 e. The molecule has 0 radical (unpaired) electrons. The molecule has 53 heavy (non-hydrogen) atoms. The highest BCUT2D eigenvalue weighted by Crippen LogP contribution is 2.40. The van der Waals surface area contributed by atoms with Gasteiger partial charge in [-0.15, -0.1) is 10.2 Å². The maximum absolute atomic E-state index is 14.4. The molecular weight excluding hydrogens is 687 g/mol. The predicted molar refractivity (Wildman–Crippen MR) is 193 cm³/mol. The lowest BCUT2D eigenvalue weighted by Crippen LogP contribution is -2.40. The molecule has 1 amide bonds. The summed E-state index contributed by atoms with van der Waals surface area (Å²) in [6.07, 6.45) is 6.18. The van der Waals surface area contributed by atoms with Crippen LogP contribution in [0.2, 0.25) is 0 Å². The van der Waals surface area contributed by atoms with E-state index in [1.54, 1.807) is 11.1 Å². The number of halogens is 3. The van der Waals surface area contributed by atoms with Gasteiger partial charge in [-0.3, -0.25) is 14.7 Å². The Bertz CT molecular complexity index is 1810. The Kier molecular flexibility index (Phi) is 12.7. The van der Waals surface area contributed by atoms with Gasteiger partial charge >= 0.3 is 6.61 Å². The smallest absolute Gasteiger partial charge is 0.345 e. The maximum atomic E-state index is 14.4. The molecule has 6 rings (SSSR count). The molecule has 2 aliphatic heterocycles. The van der Waals surface area contributed by atoms with Crippen LogP contribution in [-0.4, -0.2) is 87.4 Å². The van der Waals surface area contributed by atoms with Crippen molar-refractivity contribution in [3.8, 4) is 17.4 Å². The molecule has 11 nitrogen and oxygen atoms in total. The summed E-state index contributed by atoms with van der Waals surface area (Å²) < 4.78 is 57.5. The van der Waals surface area contributed by atoms with Gasteiger partial charge in [0.2, 0.25) is 0 Å². The van der Waals surface area contributed by atoms with Crippen molar-refractivity contribution in [1.29, 1.82) is 0 Å². The molecule has 2 aliphatic rings. The van der Waals surface area contributed by atoms with Gasteiger partial charge in [0, 0.05) is 75.8 Å². The summed E-state index contributed by atoms with van der Waals surface area (Å²) in [6, 6.07) is 15.8. The normalized spacial score (nSPS) is 16.5. The second kappa shape index (κ2) is 17.8. The molecule has 1 atom stereocenters. The minimum Gasteiger partial charge on any atom is -0.490 e. The summed E-state index contributed by atoms with van der Waals surface area (Å²) in [5.74, 6) is 0.595. The average molecular weight is 734 g/mol. The first kappa shape index (κ1) is 37.9. The Morgan fingerprint density at radius 1 is 1.02 bits per heavy atom. The number of nitrogens with zero attached hydrogens (tertiary/aromatic N) is 7. The van der Waals surface area contributed by atoms with E-state index in [2.05, 4.69) is 37.0 Å². The summed E-state index contributed by atoms with van der Waals surface area (Å²) in [5, 5.41) is 8.14. The van der Waals surface area contributed by atoms with Crippen molar-refractivity contribution in [2.45, 2.75) is 84.2 Å². The van der Waals surface area contributed by atoms with Crippen molar-refractivity contribution in [3.63, 3.8) is 0 Å². The van der Waals surface area contributed by atoms with Gasteiger partial charge in [0.1, 0.15) is 29.7 Å².